The second-order valence-corrected chi connectivity index (χ2v) is 4.62. The van der Waals surface area contributed by atoms with E-state index < -0.39 is 0 Å². The first-order valence-corrected chi connectivity index (χ1v) is 6.30. The molecule has 96 valence electrons. The maximum atomic E-state index is 10.9. The van der Waals surface area contributed by atoms with E-state index >= 15 is 0 Å². The van der Waals surface area contributed by atoms with Crippen molar-refractivity contribution in [2.75, 3.05) is 13.2 Å². The van der Waals surface area contributed by atoms with Gasteiger partial charge in [-0.2, -0.15) is 0 Å². The molecule has 0 saturated heterocycles. The molecule has 3 nitrogen and oxygen atoms in total. The summed E-state index contributed by atoms with van der Waals surface area (Å²) in [5.74, 6) is 1.48. The Morgan fingerprint density at radius 1 is 0.947 bits per heavy atom. The summed E-state index contributed by atoms with van der Waals surface area (Å²) in [4.78, 5) is 10.9. The molecule has 0 fully saturated rings. The number of rotatable bonds is 2. The number of fused-ring (bicyclic) bond motifs is 1. The van der Waals surface area contributed by atoms with Crippen LogP contribution in [0.25, 0.3) is 11.1 Å². The number of hydrogen-bond donors (Lipinski definition) is 0. The topological polar surface area (TPSA) is 35.5 Å². The van der Waals surface area contributed by atoms with Crippen LogP contribution in [0.2, 0.25) is 5.02 Å². The molecule has 0 aromatic heterocycles. The lowest BCUT2D eigenvalue weighted by atomic mass is 10.0. The van der Waals surface area contributed by atoms with Crippen molar-refractivity contribution in [3.05, 3.63) is 47.0 Å². The van der Waals surface area contributed by atoms with E-state index in [9.17, 15) is 4.79 Å². The zero-order valence-electron chi connectivity index (χ0n) is 10.1. The predicted octanol–water partition coefficient (Wildman–Crippen LogP) is 3.59. The molecule has 0 atom stereocenters. The number of aldehydes is 1. The van der Waals surface area contributed by atoms with Crippen molar-refractivity contribution >= 4 is 17.9 Å². The van der Waals surface area contributed by atoms with Gasteiger partial charge in [0.2, 0.25) is 0 Å². The molecule has 2 aromatic carbocycles. The normalized spacial score (nSPS) is 13.1. The van der Waals surface area contributed by atoms with Crippen LogP contribution in [0.1, 0.15) is 10.4 Å². The van der Waals surface area contributed by atoms with Gasteiger partial charge in [0.1, 0.15) is 13.2 Å². The number of carbonyl (C=O) groups excluding carboxylic acids is 1. The molecule has 0 unspecified atom stereocenters. The molecule has 0 amide bonds. The summed E-state index contributed by atoms with van der Waals surface area (Å²) in [5, 5.41) is 0.455. The largest absolute Gasteiger partial charge is 0.486 e. The number of carbonyl (C=O) groups is 1. The van der Waals surface area contributed by atoms with Gasteiger partial charge in [0.05, 0.1) is 5.02 Å². The van der Waals surface area contributed by atoms with Crippen LogP contribution >= 0.6 is 11.6 Å². The Bertz CT molecular complexity index is 637. The van der Waals surface area contributed by atoms with Crippen LogP contribution in [-0.4, -0.2) is 19.5 Å². The van der Waals surface area contributed by atoms with Crippen molar-refractivity contribution in [3.8, 4) is 22.6 Å². The van der Waals surface area contributed by atoms with E-state index in [1.54, 1.807) is 12.1 Å². The number of ether oxygens (including phenoxy) is 2. The van der Waals surface area contributed by atoms with E-state index in [1.165, 1.54) is 0 Å². The maximum Gasteiger partial charge on any atom is 0.161 e. The minimum atomic E-state index is 0.455. The van der Waals surface area contributed by atoms with E-state index in [4.69, 9.17) is 21.1 Å². The zero-order valence-corrected chi connectivity index (χ0v) is 10.8. The summed E-state index contributed by atoms with van der Waals surface area (Å²) in [5.41, 5.74) is 2.36. The Balaban J connectivity index is 2.04. The zero-order chi connectivity index (χ0) is 13.2. The van der Waals surface area contributed by atoms with Gasteiger partial charge in [0.25, 0.3) is 0 Å². The molecule has 0 bridgehead atoms. The van der Waals surface area contributed by atoms with E-state index in [2.05, 4.69) is 0 Å². The molecule has 1 aliphatic heterocycles. The predicted molar refractivity (Wildman–Crippen MR) is 73.3 cm³/mol. The van der Waals surface area contributed by atoms with E-state index in [0.717, 1.165) is 28.9 Å². The first-order valence-electron chi connectivity index (χ1n) is 5.93. The van der Waals surface area contributed by atoms with Crippen LogP contribution in [-0.2, 0) is 0 Å². The van der Waals surface area contributed by atoms with Gasteiger partial charge in [0, 0.05) is 5.56 Å². The van der Waals surface area contributed by atoms with E-state index in [-0.39, 0.29) is 0 Å². The van der Waals surface area contributed by atoms with Gasteiger partial charge in [-0.25, -0.2) is 0 Å². The summed E-state index contributed by atoms with van der Waals surface area (Å²) in [6.07, 6.45) is 0.754. The highest BCUT2D eigenvalue weighted by Crippen LogP contribution is 2.35. The molecule has 3 rings (SSSR count). The summed E-state index contributed by atoms with van der Waals surface area (Å²) >= 11 is 5.92. The van der Waals surface area contributed by atoms with Gasteiger partial charge in [0.15, 0.2) is 17.8 Å². The Labute approximate surface area is 115 Å². The second kappa shape index (κ2) is 4.94. The average Bonchev–Trinajstić information content (AvgIpc) is 2.47. The van der Waals surface area contributed by atoms with Gasteiger partial charge >= 0.3 is 0 Å². The van der Waals surface area contributed by atoms with Crippen molar-refractivity contribution in [2.24, 2.45) is 0 Å². The van der Waals surface area contributed by atoms with Gasteiger partial charge in [-0.1, -0.05) is 23.7 Å². The van der Waals surface area contributed by atoms with E-state index in [1.807, 2.05) is 24.3 Å². The molecule has 1 aliphatic rings. The second-order valence-electron chi connectivity index (χ2n) is 4.21. The first-order chi connectivity index (χ1) is 9.28. The highest BCUT2D eigenvalue weighted by molar-refractivity contribution is 6.33. The van der Waals surface area contributed by atoms with Crippen molar-refractivity contribution in [3.63, 3.8) is 0 Å². The smallest absolute Gasteiger partial charge is 0.161 e. The fourth-order valence-corrected chi connectivity index (χ4v) is 2.20. The molecular formula is C15H11ClO3. The van der Waals surface area contributed by atoms with E-state index in [0.29, 0.717) is 23.8 Å². The number of benzene rings is 2. The lowest BCUT2D eigenvalue weighted by molar-refractivity contribution is 0.112. The van der Waals surface area contributed by atoms with Crippen molar-refractivity contribution in [1.29, 1.82) is 0 Å². The molecule has 0 spiro atoms. The fraction of sp³-hybridized carbons (Fsp3) is 0.133. The molecule has 0 radical (unpaired) electrons. The van der Waals surface area contributed by atoms with Crippen LogP contribution < -0.4 is 9.47 Å². The minimum Gasteiger partial charge on any atom is -0.486 e. The lowest BCUT2D eigenvalue weighted by Gasteiger charge is -2.19. The highest BCUT2D eigenvalue weighted by atomic mass is 35.5. The number of halogens is 1. The van der Waals surface area contributed by atoms with Gasteiger partial charge in [-0.3, -0.25) is 4.79 Å². The maximum absolute atomic E-state index is 10.9. The molecule has 4 heteroatoms. The standard InChI is InChI=1S/C15H11ClO3/c16-13-3-1-10(7-12(13)9-17)11-2-4-14-15(8-11)19-6-5-18-14/h1-4,7-9H,5-6H2. The number of hydrogen-bond acceptors (Lipinski definition) is 3. The van der Waals surface area contributed by atoms with Gasteiger partial charge in [-0.05, 0) is 35.4 Å². The molecule has 2 aromatic rings. The van der Waals surface area contributed by atoms with Crippen molar-refractivity contribution in [1.82, 2.24) is 0 Å². The molecule has 1 heterocycles. The molecule has 0 N–H and O–H groups in total. The molecule has 19 heavy (non-hydrogen) atoms. The van der Waals surface area contributed by atoms with Crippen LogP contribution in [0.4, 0.5) is 0 Å². The SMILES string of the molecule is O=Cc1cc(-c2ccc3c(c2)OCCO3)ccc1Cl. The third-order valence-electron chi connectivity index (χ3n) is 3.00. The summed E-state index contributed by atoms with van der Waals surface area (Å²) in [6.45, 7) is 1.12. The van der Waals surface area contributed by atoms with Crippen LogP contribution in [0.15, 0.2) is 36.4 Å². The summed E-state index contributed by atoms with van der Waals surface area (Å²) in [6, 6.07) is 11.1. The minimum absolute atomic E-state index is 0.455. The van der Waals surface area contributed by atoms with Gasteiger partial charge < -0.3 is 9.47 Å². The first kappa shape index (κ1) is 12.1. The molecular weight excluding hydrogens is 264 g/mol. The quantitative estimate of drug-likeness (QED) is 0.785. The Kier molecular flexibility index (Phi) is 3.13. The third-order valence-corrected chi connectivity index (χ3v) is 3.34. The lowest BCUT2D eigenvalue weighted by Crippen LogP contribution is -2.15. The van der Waals surface area contributed by atoms with Crippen LogP contribution in [0, 0.1) is 0 Å². The third kappa shape index (κ3) is 2.29. The summed E-state index contributed by atoms with van der Waals surface area (Å²) in [7, 11) is 0. The van der Waals surface area contributed by atoms with Crippen LogP contribution in [0.5, 0.6) is 11.5 Å². The van der Waals surface area contributed by atoms with Crippen molar-refractivity contribution in [2.45, 2.75) is 0 Å². The van der Waals surface area contributed by atoms with Gasteiger partial charge in [-0.15, -0.1) is 0 Å². The van der Waals surface area contributed by atoms with Crippen LogP contribution in [0.3, 0.4) is 0 Å². The molecule has 0 saturated carbocycles. The monoisotopic (exact) mass is 274 g/mol. The fourth-order valence-electron chi connectivity index (χ4n) is 2.04. The average molecular weight is 275 g/mol. The Morgan fingerprint density at radius 3 is 2.42 bits per heavy atom. The Morgan fingerprint density at radius 2 is 1.63 bits per heavy atom. The Hall–Kier alpha value is -2.00. The highest BCUT2D eigenvalue weighted by Gasteiger charge is 2.12. The van der Waals surface area contributed by atoms with Crippen molar-refractivity contribution < 1.29 is 14.3 Å². The molecule has 0 aliphatic carbocycles. The summed E-state index contributed by atoms with van der Waals surface area (Å²) < 4.78 is 11.0.